The molecule has 0 saturated carbocycles. The molecular formula is C31H31FN6O6. The molecule has 0 bridgehead atoms. The molecule has 1 saturated heterocycles. The zero-order chi connectivity index (χ0) is 31.4. The van der Waals surface area contributed by atoms with Crippen molar-refractivity contribution in [2.75, 3.05) is 31.2 Å². The van der Waals surface area contributed by atoms with Crippen LogP contribution in [0.3, 0.4) is 0 Å². The highest BCUT2D eigenvalue weighted by molar-refractivity contribution is 5.98. The van der Waals surface area contributed by atoms with Crippen LogP contribution in [0.25, 0.3) is 5.69 Å². The molecule has 4 aromatic rings. The number of ether oxygens (including phenoxy) is 2. The summed E-state index contributed by atoms with van der Waals surface area (Å²) in [6, 6.07) is 16.5. The van der Waals surface area contributed by atoms with E-state index in [2.05, 4.69) is 10.4 Å². The minimum Gasteiger partial charge on any atom is -0.457 e. The highest BCUT2D eigenvalue weighted by atomic mass is 19.1. The number of aryl methyl sites for hydroxylation is 1. The summed E-state index contributed by atoms with van der Waals surface area (Å²) < 4.78 is 27.0. The van der Waals surface area contributed by atoms with Crippen LogP contribution in [-0.4, -0.2) is 74.9 Å². The van der Waals surface area contributed by atoms with E-state index in [4.69, 9.17) is 9.47 Å². The van der Waals surface area contributed by atoms with Gasteiger partial charge in [-0.25, -0.2) is 18.8 Å². The summed E-state index contributed by atoms with van der Waals surface area (Å²) >= 11 is 0. The van der Waals surface area contributed by atoms with Gasteiger partial charge < -0.3 is 14.4 Å². The number of hydrogen-bond acceptors (Lipinski definition) is 8. The summed E-state index contributed by atoms with van der Waals surface area (Å²) in [6.07, 6.45) is 0. The Morgan fingerprint density at radius 1 is 0.977 bits per heavy atom. The van der Waals surface area contributed by atoms with Crippen LogP contribution in [0.2, 0.25) is 0 Å². The van der Waals surface area contributed by atoms with Crippen molar-refractivity contribution in [3.63, 3.8) is 0 Å². The Bertz CT molecular complexity index is 1750. The zero-order valence-corrected chi connectivity index (χ0v) is 24.5. The Balaban J connectivity index is 1.45. The van der Waals surface area contributed by atoms with Crippen molar-refractivity contribution in [3.8, 4) is 5.69 Å². The van der Waals surface area contributed by atoms with Gasteiger partial charge in [-0.05, 0) is 66.6 Å². The smallest absolute Gasteiger partial charge is 0.377 e. The van der Waals surface area contributed by atoms with Crippen LogP contribution in [0.4, 0.5) is 14.9 Å². The molecule has 3 aromatic carbocycles. The van der Waals surface area contributed by atoms with Crippen molar-refractivity contribution >= 4 is 23.6 Å². The number of nitrogens with zero attached hydrogens (tertiary/aromatic N) is 6. The molecule has 13 heteroatoms. The van der Waals surface area contributed by atoms with Crippen LogP contribution in [0.15, 0.2) is 71.5 Å². The Labute approximate surface area is 252 Å². The summed E-state index contributed by atoms with van der Waals surface area (Å²) in [5.74, 6) is -1.97. The number of benzene rings is 3. The normalized spacial score (nSPS) is 13.2. The third-order valence-corrected chi connectivity index (χ3v) is 7.14. The summed E-state index contributed by atoms with van der Waals surface area (Å²) in [5, 5.41) is 7.50. The SMILES string of the molecule is Cc1ccc(N(C(=O)n2nnn(-c3c(F)cccc3C(=O)N3CCOCC3)c2=O)C(C)C)cc1C(=O)OCc1ccccc1. The minimum absolute atomic E-state index is 0.0702. The number of morpholine rings is 1. The molecule has 0 radical (unpaired) electrons. The van der Waals surface area contributed by atoms with E-state index >= 15 is 4.39 Å². The van der Waals surface area contributed by atoms with Gasteiger partial charge in [-0.2, -0.15) is 4.68 Å². The lowest BCUT2D eigenvalue weighted by Crippen LogP contribution is -2.45. The summed E-state index contributed by atoms with van der Waals surface area (Å²) in [4.78, 5) is 56.2. The number of para-hydroxylation sites is 1. The Morgan fingerprint density at radius 3 is 2.41 bits per heavy atom. The van der Waals surface area contributed by atoms with Crippen LogP contribution < -0.4 is 10.6 Å². The molecule has 1 aromatic heterocycles. The number of aromatic nitrogens is 4. The molecule has 0 aliphatic carbocycles. The van der Waals surface area contributed by atoms with Gasteiger partial charge in [0.2, 0.25) is 0 Å². The predicted octanol–water partition coefficient (Wildman–Crippen LogP) is 3.59. The number of esters is 1. The number of carbonyl (C=O) groups is 3. The van der Waals surface area contributed by atoms with Crippen molar-refractivity contribution in [3.05, 3.63) is 105 Å². The standard InChI is InChI=1S/C31H31FN6O6/c1-20(2)36(23-13-12-21(3)25(18-23)29(40)44-19-22-8-5-4-6-9-22)30(41)38-31(42)37(33-34-38)27-24(10-7-11-26(27)32)28(39)35-14-16-43-17-15-35/h4-13,18,20H,14-17,19H2,1-3H3. The molecule has 1 aliphatic heterocycles. The van der Waals surface area contributed by atoms with E-state index < -0.39 is 41.1 Å². The molecule has 1 fully saturated rings. The van der Waals surface area contributed by atoms with Gasteiger partial charge in [0.15, 0.2) is 0 Å². The largest absolute Gasteiger partial charge is 0.457 e. The van der Waals surface area contributed by atoms with Gasteiger partial charge >= 0.3 is 17.7 Å². The highest BCUT2D eigenvalue weighted by Gasteiger charge is 2.30. The molecule has 2 heterocycles. The van der Waals surface area contributed by atoms with Gasteiger partial charge in [0, 0.05) is 24.8 Å². The Kier molecular flexibility index (Phi) is 8.95. The molecule has 1 aliphatic rings. The van der Waals surface area contributed by atoms with Crippen molar-refractivity contribution in [1.82, 2.24) is 24.7 Å². The van der Waals surface area contributed by atoms with Gasteiger partial charge in [0.1, 0.15) is 18.1 Å². The number of anilines is 1. The summed E-state index contributed by atoms with van der Waals surface area (Å²) in [7, 11) is 0. The first-order valence-electron chi connectivity index (χ1n) is 14.0. The van der Waals surface area contributed by atoms with E-state index in [9.17, 15) is 19.2 Å². The van der Waals surface area contributed by atoms with Gasteiger partial charge in [0.05, 0.1) is 24.3 Å². The van der Waals surface area contributed by atoms with Crippen LogP contribution >= 0.6 is 0 Å². The van der Waals surface area contributed by atoms with E-state index in [-0.39, 0.29) is 17.7 Å². The molecule has 228 valence electrons. The molecule has 5 rings (SSSR count). The lowest BCUT2D eigenvalue weighted by Gasteiger charge is -2.27. The van der Waals surface area contributed by atoms with Crippen molar-refractivity contribution in [2.45, 2.75) is 33.4 Å². The maximum atomic E-state index is 15.2. The third kappa shape index (κ3) is 6.13. The minimum atomic E-state index is -1.07. The van der Waals surface area contributed by atoms with Crippen molar-refractivity contribution in [1.29, 1.82) is 0 Å². The molecule has 0 atom stereocenters. The average Bonchev–Trinajstić information content (AvgIpc) is 3.41. The monoisotopic (exact) mass is 602 g/mol. The fourth-order valence-electron chi connectivity index (χ4n) is 4.86. The maximum absolute atomic E-state index is 15.2. The zero-order valence-electron chi connectivity index (χ0n) is 24.5. The lowest BCUT2D eigenvalue weighted by molar-refractivity contribution is 0.0302. The van der Waals surface area contributed by atoms with E-state index in [1.165, 1.54) is 28.0 Å². The number of tetrazole rings is 1. The quantitative estimate of drug-likeness (QED) is 0.232. The molecule has 0 unspecified atom stereocenters. The van der Waals surface area contributed by atoms with Gasteiger partial charge in [-0.1, -0.05) is 42.5 Å². The number of rotatable bonds is 7. The fraction of sp³-hybridized carbons (Fsp3) is 0.290. The second-order valence-electron chi connectivity index (χ2n) is 10.4. The predicted molar refractivity (Wildman–Crippen MR) is 157 cm³/mol. The second kappa shape index (κ2) is 13.0. The van der Waals surface area contributed by atoms with Crippen molar-refractivity contribution < 1.29 is 28.2 Å². The van der Waals surface area contributed by atoms with Crippen LogP contribution in [-0.2, 0) is 16.1 Å². The molecular weight excluding hydrogens is 571 g/mol. The van der Waals surface area contributed by atoms with Crippen LogP contribution in [0.1, 0.15) is 45.7 Å². The van der Waals surface area contributed by atoms with E-state index in [1.54, 1.807) is 32.9 Å². The molecule has 0 N–H and O–H groups in total. The first kappa shape index (κ1) is 30.3. The lowest BCUT2D eigenvalue weighted by atomic mass is 10.1. The number of halogens is 1. The third-order valence-electron chi connectivity index (χ3n) is 7.14. The first-order valence-corrected chi connectivity index (χ1v) is 14.0. The topological polar surface area (TPSA) is 129 Å². The maximum Gasteiger partial charge on any atom is 0.377 e. The summed E-state index contributed by atoms with van der Waals surface area (Å²) in [6.45, 7) is 6.51. The van der Waals surface area contributed by atoms with Crippen LogP contribution in [0, 0.1) is 12.7 Å². The van der Waals surface area contributed by atoms with Gasteiger partial charge in [-0.15, -0.1) is 4.68 Å². The summed E-state index contributed by atoms with van der Waals surface area (Å²) in [5.41, 5.74) is 0.401. The molecule has 0 spiro atoms. The first-order chi connectivity index (χ1) is 21.2. The number of carbonyl (C=O) groups excluding carboxylic acids is 3. The molecule has 44 heavy (non-hydrogen) atoms. The van der Waals surface area contributed by atoms with Gasteiger partial charge in [0.25, 0.3) is 5.91 Å². The van der Waals surface area contributed by atoms with E-state index in [0.717, 1.165) is 11.6 Å². The second-order valence-corrected chi connectivity index (χ2v) is 10.4. The van der Waals surface area contributed by atoms with E-state index in [0.29, 0.717) is 46.9 Å². The Hall–Kier alpha value is -5.17. The molecule has 2 amide bonds. The van der Waals surface area contributed by atoms with Crippen molar-refractivity contribution in [2.24, 2.45) is 0 Å². The van der Waals surface area contributed by atoms with Crippen LogP contribution in [0.5, 0.6) is 0 Å². The number of amides is 2. The Morgan fingerprint density at radius 2 is 1.70 bits per heavy atom. The van der Waals surface area contributed by atoms with Gasteiger partial charge in [-0.3, -0.25) is 9.69 Å². The number of hydrogen-bond donors (Lipinski definition) is 0. The fourth-order valence-corrected chi connectivity index (χ4v) is 4.86. The van der Waals surface area contributed by atoms with E-state index in [1.807, 2.05) is 30.3 Å². The molecule has 12 nitrogen and oxygen atoms in total. The highest BCUT2D eigenvalue weighted by Crippen LogP contribution is 2.24. The average molecular weight is 603 g/mol.